The van der Waals surface area contributed by atoms with E-state index in [1.165, 1.54) is 5.57 Å². The second kappa shape index (κ2) is 6.23. The molecule has 0 aromatic rings. The Morgan fingerprint density at radius 3 is 2.45 bits per heavy atom. The summed E-state index contributed by atoms with van der Waals surface area (Å²) in [6.45, 7) is 6.12. The summed E-state index contributed by atoms with van der Waals surface area (Å²) in [6.07, 6.45) is 8.81. The highest BCUT2D eigenvalue weighted by atomic mass is 35.5. The normalized spacial score (nSPS) is 14.5. The van der Waals surface area contributed by atoms with E-state index in [2.05, 4.69) is 6.92 Å². The minimum Gasteiger partial charge on any atom is -0.0877 e. The third-order valence-electron chi connectivity index (χ3n) is 1.48. The summed E-state index contributed by atoms with van der Waals surface area (Å²) in [4.78, 5) is 0. The average molecular weight is 171 g/mol. The number of rotatable bonds is 3. The summed E-state index contributed by atoms with van der Waals surface area (Å²) in [7, 11) is 0. The van der Waals surface area contributed by atoms with Crippen LogP contribution < -0.4 is 0 Å². The molecule has 0 nitrogen and oxygen atoms in total. The van der Waals surface area contributed by atoms with Gasteiger partial charge in [0.2, 0.25) is 0 Å². The Hall–Kier alpha value is -0.490. The van der Waals surface area contributed by atoms with E-state index < -0.39 is 0 Å². The highest BCUT2D eigenvalue weighted by Gasteiger charge is 1.89. The van der Waals surface area contributed by atoms with E-state index in [0.29, 0.717) is 0 Å². The second-order valence-electron chi connectivity index (χ2n) is 2.37. The SMILES string of the molecule is C\C=C/C=C\C(Cl)=C(/C)CC. The smallest absolute Gasteiger partial charge is 0.0395 e. The molecule has 0 rings (SSSR count). The number of hydrogen-bond donors (Lipinski definition) is 0. The van der Waals surface area contributed by atoms with Crippen molar-refractivity contribution in [1.82, 2.24) is 0 Å². The first kappa shape index (κ1) is 10.5. The van der Waals surface area contributed by atoms with Gasteiger partial charge in [0.15, 0.2) is 0 Å². The largest absolute Gasteiger partial charge is 0.0877 e. The third-order valence-corrected chi connectivity index (χ3v) is 1.93. The van der Waals surface area contributed by atoms with Crippen molar-refractivity contribution in [2.24, 2.45) is 0 Å². The number of hydrogen-bond acceptors (Lipinski definition) is 0. The highest BCUT2D eigenvalue weighted by molar-refractivity contribution is 6.31. The molecule has 0 saturated carbocycles. The lowest BCUT2D eigenvalue weighted by Gasteiger charge is -1.94. The van der Waals surface area contributed by atoms with Gasteiger partial charge >= 0.3 is 0 Å². The van der Waals surface area contributed by atoms with Crippen molar-refractivity contribution in [2.45, 2.75) is 27.2 Å². The summed E-state index contributed by atoms with van der Waals surface area (Å²) in [5, 5.41) is 0.852. The zero-order valence-corrected chi connectivity index (χ0v) is 8.15. The quantitative estimate of drug-likeness (QED) is 0.561. The van der Waals surface area contributed by atoms with Crippen molar-refractivity contribution < 1.29 is 0 Å². The van der Waals surface area contributed by atoms with Crippen molar-refractivity contribution in [3.63, 3.8) is 0 Å². The highest BCUT2D eigenvalue weighted by Crippen LogP contribution is 2.13. The Kier molecular flexibility index (Phi) is 5.96. The van der Waals surface area contributed by atoms with Crippen LogP contribution in [0, 0.1) is 0 Å². The van der Waals surface area contributed by atoms with Crippen LogP contribution >= 0.6 is 11.6 Å². The molecule has 0 heterocycles. The Morgan fingerprint density at radius 1 is 1.36 bits per heavy atom. The topological polar surface area (TPSA) is 0 Å². The van der Waals surface area contributed by atoms with Crippen LogP contribution in [0.2, 0.25) is 0 Å². The van der Waals surface area contributed by atoms with Gasteiger partial charge in [-0.15, -0.1) is 0 Å². The van der Waals surface area contributed by atoms with Gasteiger partial charge in [0.25, 0.3) is 0 Å². The Bertz CT molecular complexity index is 185. The van der Waals surface area contributed by atoms with Gasteiger partial charge in [-0.05, 0) is 26.3 Å². The van der Waals surface area contributed by atoms with Crippen LogP contribution in [0.5, 0.6) is 0 Å². The van der Waals surface area contributed by atoms with Gasteiger partial charge in [-0.3, -0.25) is 0 Å². The maximum Gasteiger partial charge on any atom is 0.0395 e. The van der Waals surface area contributed by atoms with Gasteiger partial charge in [-0.25, -0.2) is 0 Å². The minimum absolute atomic E-state index is 0.852. The molecule has 0 aliphatic rings. The fourth-order valence-electron chi connectivity index (χ4n) is 0.562. The molecule has 0 saturated heterocycles. The summed E-state index contributed by atoms with van der Waals surface area (Å²) in [5.41, 5.74) is 1.23. The van der Waals surface area contributed by atoms with Gasteiger partial charge < -0.3 is 0 Å². The van der Waals surface area contributed by atoms with Crippen molar-refractivity contribution in [2.75, 3.05) is 0 Å². The van der Waals surface area contributed by atoms with E-state index in [9.17, 15) is 0 Å². The molecule has 0 aliphatic carbocycles. The zero-order chi connectivity index (χ0) is 8.69. The molecule has 62 valence electrons. The van der Waals surface area contributed by atoms with E-state index >= 15 is 0 Å². The molecule has 0 aliphatic heterocycles. The fourth-order valence-corrected chi connectivity index (χ4v) is 0.769. The van der Waals surface area contributed by atoms with Gasteiger partial charge in [0.05, 0.1) is 0 Å². The average Bonchev–Trinajstić information content (AvgIpc) is 2.03. The first-order valence-corrected chi connectivity index (χ1v) is 4.24. The van der Waals surface area contributed by atoms with Crippen molar-refractivity contribution >= 4 is 11.6 Å². The molecule has 0 bridgehead atoms. The lowest BCUT2D eigenvalue weighted by Crippen LogP contribution is -1.74. The minimum atomic E-state index is 0.852. The molecule has 0 aromatic heterocycles. The standard InChI is InChI=1S/C10H15Cl/c1-4-6-7-8-10(11)9(3)5-2/h4,6-8H,5H2,1-3H3/b6-4-,8-7-,10-9-. The van der Waals surface area contributed by atoms with Crippen LogP contribution in [0.3, 0.4) is 0 Å². The maximum atomic E-state index is 5.93. The lowest BCUT2D eigenvalue weighted by molar-refractivity contribution is 1.09. The summed E-state index contributed by atoms with van der Waals surface area (Å²) >= 11 is 5.93. The Labute approximate surface area is 74.3 Å². The zero-order valence-electron chi connectivity index (χ0n) is 7.39. The molecule has 0 N–H and O–H groups in total. The molecule has 0 unspecified atom stereocenters. The van der Waals surface area contributed by atoms with E-state index in [1.54, 1.807) is 0 Å². The lowest BCUT2D eigenvalue weighted by atomic mass is 10.2. The monoisotopic (exact) mass is 170 g/mol. The molecule has 0 radical (unpaired) electrons. The molecule has 1 heteroatoms. The number of allylic oxidation sites excluding steroid dienone is 6. The van der Waals surface area contributed by atoms with Crippen LogP contribution in [-0.4, -0.2) is 0 Å². The van der Waals surface area contributed by atoms with Crippen LogP contribution in [-0.2, 0) is 0 Å². The molecule has 0 aromatic carbocycles. The molecule has 0 amide bonds. The van der Waals surface area contributed by atoms with Crippen LogP contribution in [0.4, 0.5) is 0 Å². The fraction of sp³-hybridized carbons (Fsp3) is 0.400. The van der Waals surface area contributed by atoms with Crippen LogP contribution in [0.25, 0.3) is 0 Å². The summed E-state index contributed by atoms with van der Waals surface area (Å²) < 4.78 is 0. The second-order valence-corrected chi connectivity index (χ2v) is 2.77. The van der Waals surface area contributed by atoms with Crippen molar-refractivity contribution in [3.8, 4) is 0 Å². The van der Waals surface area contributed by atoms with Crippen LogP contribution in [0.1, 0.15) is 27.2 Å². The van der Waals surface area contributed by atoms with Gasteiger partial charge in [-0.1, -0.05) is 42.3 Å². The van der Waals surface area contributed by atoms with Gasteiger partial charge in [-0.2, -0.15) is 0 Å². The summed E-state index contributed by atoms with van der Waals surface area (Å²) in [6, 6.07) is 0. The molecule has 0 spiro atoms. The summed E-state index contributed by atoms with van der Waals surface area (Å²) in [5.74, 6) is 0. The van der Waals surface area contributed by atoms with E-state index in [1.807, 2.05) is 38.2 Å². The third kappa shape index (κ3) is 4.86. The molecule has 11 heavy (non-hydrogen) atoms. The van der Waals surface area contributed by atoms with E-state index in [-0.39, 0.29) is 0 Å². The van der Waals surface area contributed by atoms with Crippen molar-refractivity contribution in [3.05, 3.63) is 34.9 Å². The molecular weight excluding hydrogens is 156 g/mol. The van der Waals surface area contributed by atoms with E-state index in [0.717, 1.165) is 11.5 Å². The van der Waals surface area contributed by atoms with Gasteiger partial charge in [0, 0.05) is 5.03 Å². The Morgan fingerprint density at radius 2 is 2.00 bits per heavy atom. The Balaban J connectivity index is 4.14. The predicted molar refractivity (Wildman–Crippen MR) is 52.8 cm³/mol. The first-order chi connectivity index (χ1) is 5.22. The predicted octanol–water partition coefficient (Wildman–Crippen LogP) is 4.04. The van der Waals surface area contributed by atoms with E-state index in [4.69, 9.17) is 11.6 Å². The van der Waals surface area contributed by atoms with Gasteiger partial charge in [0.1, 0.15) is 0 Å². The molecular formula is C10H15Cl. The first-order valence-electron chi connectivity index (χ1n) is 3.87. The maximum absolute atomic E-state index is 5.93. The molecule has 0 atom stereocenters. The van der Waals surface area contributed by atoms with Crippen LogP contribution in [0.15, 0.2) is 34.9 Å². The number of halogens is 1. The molecule has 0 fully saturated rings. The van der Waals surface area contributed by atoms with Crippen molar-refractivity contribution in [1.29, 1.82) is 0 Å².